The van der Waals surface area contributed by atoms with Crippen LogP contribution in [0.25, 0.3) is 0 Å². The number of rotatable bonds is 6. The molecule has 114 valence electrons. The van der Waals surface area contributed by atoms with Gasteiger partial charge < -0.3 is 10.4 Å². The van der Waals surface area contributed by atoms with E-state index >= 15 is 0 Å². The van der Waals surface area contributed by atoms with Crippen molar-refractivity contribution in [1.82, 2.24) is 15.1 Å². The highest BCUT2D eigenvalue weighted by molar-refractivity contribution is 5.89. The summed E-state index contributed by atoms with van der Waals surface area (Å²) in [5.41, 5.74) is 2.07. The van der Waals surface area contributed by atoms with Crippen LogP contribution in [-0.2, 0) is 13.1 Å². The molecule has 2 N–H and O–H groups in total. The molecule has 0 aliphatic heterocycles. The Hall–Kier alpha value is -1.85. The normalized spacial score (nSPS) is 10.4. The van der Waals surface area contributed by atoms with Gasteiger partial charge in [0.25, 0.3) is 0 Å². The lowest BCUT2D eigenvalue weighted by atomic mass is 10.1. The molecule has 5 nitrogen and oxygen atoms in total. The van der Waals surface area contributed by atoms with Crippen LogP contribution in [0.15, 0.2) is 36.5 Å². The number of aromatic nitrogens is 2. The van der Waals surface area contributed by atoms with Crippen LogP contribution >= 0.6 is 12.4 Å². The summed E-state index contributed by atoms with van der Waals surface area (Å²) in [6.45, 7) is 5.28. The highest BCUT2D eigenvalue weighted by Gasteiger charge is 2.08. The Labute approximate surface area is 130 Å². The average molecular weight is 310 g/mol. The Morgan fingerprint density at radius 2 is 2.00 bits per heavy atom. The second-order valence-corrected chi connectivity index (χ2v) is 4.95. The molecule has 0 fully saturated rings. The van der Waals surface area contributed by atoms with E-state index < -0.39 is 5.97 Å². The molecule has 1 aromatic heterocycles. The zero-order valence-electron chi connectivity index (χ0n) is 12.1. The van der Waals surface area contributed by atoms with Crippen LogP contribution < -0.4 is 5.32 Å². The molecule has 1 aromatic carbocycles. The number of carboxylic acids is 1. The molecule has 0 amide bonds. The summed E-state index contributed by atoms with van der Waals surface area (Å²) < 4.78 is 1.90. The van der Waals surface area contributed by atoms with Crippen molar-refractivity contribution in [2.24, 2.45) is 0 Å². The van der Waals surface area contributed by atoms with Crippen LogP contribution in [0.1, 0.15) is 41.5 Å². The first-order valence-corrected chi connectivity index (χ1v) is 6.64. The quantitative estimate of drug-likeness (QED) is 0.861. The molecule has 0 spiro atoms. The minimum atomic E-state index is -0.897. The van der Waals surface area contributed by atoms with Crippen molar-refractivity contribution < 1.29 is 9.90 Å². The summed E-state index contributed by atoms with van der Waals surface area (Å²) in [5, 5.41) is 16.8. The zero-order chi connectivity index (χ0) is 14.5. The first-order valence-electron chi connectivity index (χ1n) is 6.64. The van der Waals surface area contributed by atoms with E-state index in [0.717, 1.165) is 11.3 Å². The summed E-state index contributed by atoms with van der Waals surface area (Å²) >= 11 is 0. The second-order valence-electron chi connectivity index (χ2n) is 4.95. The lowest BCUT2D eigenvalue weighted by Crippen LogP contribution is -2.16. The molecule has 21 heavy (non-hydrogen) atoms. The Balaban J connectivity index is 0.00000220. The number of nitrogens with zero attached hydrogens (tertiary/aromatic N) is 2. The Morgan fingerprint density at radius 1 is 1.29 bits per heavy atom. The van der Waals surface area contributed by atoms with Gasteiger partial charge in [-0.15, -0.1) is 12.4 Å². The topological polar surface area (TPSA) is 67.2 Å². The molecule has 0 radical (unpaired) electrons. The number of nitrogens with one attached hydrogen (secondary N) is 1. The summed E-state index contributed by atoms with van der Waals surface area (Å²) in [6, 6.07) is 9.33. The molecular formula is C15H20ClN3O2. The van der Waals surface area contributed by atoms with Gasteiger partial charge in [-0.2, -0.15) is 5.10 Å². The fourth-order valence-corrected chi connectivity index (χ4v) is 1.97. The van der Waals surface area contributed by atoms with E-state index in [-0.39, 0.29) is 12.4 Å². The highest BCUT2D eigenvalue weighted by atomic mass is 35.5. The molecule has 0 aliphatic carbocycles. The molecule has 0 aliphatic rings. The van der Waals surface area contributed by atoms with Gasteiger partial charge in [0.2, 0.25) is 0 Å². The predicted molar refractivity (Wildman–Crippen MR) is 83.8 cm³/mol. The van der Waals surface area contributed by atoms with Gasteiger partial charge in [0.1, 0.15) is 0 Å². The summed E-state index contributed by atoms with van der Waals surface area (Å²) in [7, 11) is 0. The first-order chi connectivity index (χ1) is 9.58. The van der Waals surface area contributed by atoms with Gasteiger partial charge in [-0.1, -0.05) is 18.2 Å². The zero-order valence-corrected chi connectivity index (χ0v) is 12.9. The van der Waals surface area contributed by atoms with Gasteiger partial charge in [0.15, 0.2) is 0 Å². The molecular weight excluding hydrogens is 290 g/mol. The Bertz CT molecular complexity index is 596. The van der Waals surface area contributed by atoms with Crippen molar-refractivity contribution in [1.29, 1.82) is 0 Å². The third-order valence-corrected chi connectivity index (χ3v) is 3.06. The van der Waals surface area contributed by atoms with Crippen molar-refractivity contribution in [2.75, 3.05) is 0 Å². The number of halogens is 1. The molecule has 0 saturated carbocycles. The van der Waals surface area contributed by atoms with Crippen LogP contribution in [0.5, 0.6) is 0 Å². The van der Waals surface area contributed by atoms with E-state index in [1.165, 1.54) is 0 Å². The van der Waals surface area contributed by atoms with Gasteiger partial charge in [-0.05, 0) is 31.5 Å². The number of carbonyl (C=O) groups is 1. The van der Waals surface area contributed by atoms with E-state index in [9.17, 15) is 4.79 Å². The average Bonchev–Trinajstić information content (AvgIpc) is 2.88. The van der Waals surface area contributed by atoms with Crippen molar-refractivity contribution >= 4 is 18.4 Å². The lowest BCUT2D eigenvalue weighted by Gasteiger charge is -2.07. The van der Waals surface area contributed by atoms with Crippen LogP contribution in [0.4, 0.5) is 0 Å². The Kier molecular flexibility index (Phi) is 6.39. The molecule has 0 saturated heterocycles. The van der Waals surface area contributed by atoms with Gasteiger partial charge in [0.05, 0.1) is 11.3 Å². The summed E-state index contributed by atoms with van der Waals surface area (Å²) in [6.07, 6.45) is 1.95. The third-order valence-electron chi connectivity index (χ3n) is 3.06. The number of carboxylic acid groups (broad SMARTS) is 1. The van der Waals surface area contributed by atoms with Gasteiger partial charge >= 0.3 is 5.97 Å². The van der Waals surface area contributed by atoms with Crippen molar-refractivity contribution in [3.05, 3.63) is 53.3 Å². The number of hydrogen-bond acceptors (Lipinski definition) is 3. The van der Waals surface area contributed by atoms with E-state index in [1.54, 1.807) is 12.1 Å². The molecule has 0 bridgehead atoms. The number of aromatic carboxylic acids is 1. The van der Waals surface area contributed by atoms with Crippen LogP contribution in [0, 0.1) is 0 Å². The maximum absolute atomic E-state index is 11.1. The van der Waals surface area contributed by atoms with Gasteiger partial charge in [0, 0.05) is 25.3 Å². The summed E-state index contributed by atoms with van der Waals surface area (Å²) in [4.78, 5) is 11.1. The molecule has 2 aromatic rings. The van der Waals surface area contributed by atoms with Gasteiger partial charge in [-0.3, -0.25) is 4.68 Å². The van der Waals surface area contributed by atoms with Crippen molar-refractivity contribution in [3.8, 4) is 0 Å². The second kappa shape index (κ2) is 7.81. The molecule has 1 heterocycles. The van der Waals surface area contributed by atoms with Crippen LogP contribution in [-0.4, -0.2) is 20.9 Å². The van der Waals surface area contributed by atoms with Gasteiger partial charge in [-0.25, -0.2) is 4.79 Å². The molecule has 0 unspecified atom stereocenters. The minimum Gasteiger partial charge on any atom is -0.478 e. The predicted octanol–water partition coefficient (Wildman–Crippen LogP) is 2.87. The van der Waals surface area contributed by atoms with E-state index in [1.807, 2.05) is 29.1 Å². The largest absolute Gasteiger partial charge is 0.478 e. The van der Waals surface area contributed by atoms with Crippen molar-refractivity contribution in [2.45, 2.75) is 33.0 Å². The fraction of sp³-hybridized carbons (Fsp3) is 0.333. The molecule has 0 atom stereocenters. The summed E-state index contributed by atoms with van der Waals surface area (Å²) in [5.74, 6) is -0.897. The lowest BCUT2D eigenvalue weighted by molar-refractivity contribution is 0.0695. The van der Waals surface area contributed by atoms with Crippen molar-refractivity contribution in [3.63, 3.8) is 0 Å². The van der Waals surface area contributed by atoms with Crippen LogP contribution in [0.2, 0.25) is 0 Å². The van der Waals surface area contributed by atoms with E-state index in [4.69, 9.17) is 5.11 Å². The first kappa shape index (κ1) is 17.2. The smallest absolute Gasteiger partial charge is 0.336 e. The number of hydrogen-bond donors (Lipinski definition) is 2. The molecule has 2 rings (SSSR count). The molecule has 6 heteroatoms. The Morgan fingerprint density at radius 3 is 2.62 bits per heavy atom. The third kappa shape index (κ3) is 4.58. The van der Waals surface area contributed by atoms with Crippen LogP contribution in [0.3, 0.4) is 0 Å². The minimum absolute atomic E-state index is 0. The highest BCUT2D eigenvalue weighted by Crippen LogP contribution is 2.09. The fourth-order valence-electron chi connectivity index (χ4n) is 1.97. The maximum atomic E-state index is 11.1. The maximum Gasteiger partial charge on any atom is 0.336 e. The van der Waals surface area contributed by atoms with E-state index in [2.05, 4.69) is 24.3 Å². The monoisotopic (exact) mass is 309 g/mol. The SMILES string of the molecule is CC(C)n1ccc(CNCc2ccccc2C(=O)O)n1.Cl. The standard InChI is InChI=1S/C15H19N3O2.ClH/c1-11(2)18-8-7-13(17-18)10-16-9-12-5-3-4-6-14(12)15(19)20;/h3-8,11,16H,9-10H2,1-2H3,(H,19,20);1H. The van der Waals surface area contributed by atoms with E-state index in [0.29, 0.717) is 24.7 Å². The number of benzene rings is 1.